The SMILES string of the molecule is CCCn1c(C(=O)N[C@H](C)c2ccccc2)cc2scc(Br)c21. The first-order chi connectivity index (χ1) is 11.1. The summed E-state index contributed by atoms with van der Waals surface area (Å²) in [5, 5.41) is 5.19. The molecule has 0 radical (unpaired) electrons. The smallest absolute Gasteiger partial charge is 0.268 e. The van der Waals surface area contributed by atoms with Gasteiger partial charge in [-0.05, 0) is 40.9 Å². The largest absolute Gasteiger partial charge is 0.344 e. The summed E-state index contributed by atoms with van der Waals surface area (Å²) >= 11 is 5.26. The number of fused-ring (bicyclic) bond motifs is 1. The lowest BCUT2D eigenvalue weighted by Crippen LogP contribution is -2.28. The Morgan fingerprint density at radius 3 is 2.78 bits per heavy atom. The maximum atomic E-state index is 12.8. The van der Waals surface area contributed by atoms with E-state index in [9.17, 15) is 4.79 Å². The molecule has 0 saturated heterocycles. The fourth-order valence-corrected chi connectivity index (χ4v) is 4.46. The van der Waals surface area contributed by atoms with Crippen molar-refractivity contribution in [1.82, 2.24) is 9.88 Å². The van der Waals surface area contributed by atoms with Crippen LogP contribution in [-0.2, 0) is 6.54 Å². The average Bonchev–Trinajstić information content (AvgIpc) is 3.09. The number of aryl methyl sites for hydroxylation is 1. The van der Waals surface area contributed by atoms with E-state index in [0.717, 1.165) is 38.9 Å². The Labute approximate surface area is 148 Å². The van der Waals surface area contributed by atoms with Gasteiger partial charge in [-0.15, -0.1) is 11.3 Å². The first-order valence-corrected chi connectivity index (χ1v) is 9.41. The summed E-state index contributed by atoms with van der Waals surface area (Å²) in [6.45, 7) is 4.97. The van der Waals surface area contributed by atoms with Crippen molar-refractivity contribution in [2.45, 2.75) is 32.9 Å². The van der Waals surface area contributed by atoms with Crippen LogP contribution in [0.25, 0.3) is 10.2 Å². The van der Waals surface area contributed by atoms with E-state index in [1.807, 2.05) is 43.3 Å². The fourth-order valence-electron chi connectivity index (χ4n) is 2.77. The number of carbonyl (C=O) groups excluding carboxylic acids is 1. The minimum atomic E-state index is -0.0231. The van der Waals surface area contributed by atoms with E-state index >= 15 is 0 Å². The van der Waals surface area contributed by atoms with Gasteiger partial charge in [-0.2, -0.15) is 0 Å². The van der Waals surface area contributed by atoms with Crippen LogP contribution in [0.5, 0.6) is 0 Å². The van der Waals surface area contributed by atoms with Crippen LogP contribution >= 0.6 is 27.3 Å². The lowest BCUT2D eigenvalue weighted by atomic mass is 10.1. The lowest BCUT2D eigenvalue weighted by molar-refractivity contribution is 0.0931. The first kappa shape index (κ1) is 16.3. The molecule has 0 bridgehead atoms. The lowest BCUT2D eigenvalue weighted by Gasteiger charge is -2.16. The van der Waals surface area contributed by atoms with Gasteiger partial charge in [-0.25, -0.2) is 0 Å². The molecule has 2 heterocycles. The molecule has 1 amide bonds. The van der Waals surface area contributed by atoms with Crippen LogP contribution in [0.15, 0.2) is 46.3 Å². The van der Waals surface area contributed by atoms with E-state index in [2.05, 4.69) is 38.1 Å². The van der Waals surface area contributed by atoms with Crippen LogP contribution in [0.1, 0.15) is 42.4 Å². The predicted octanol–water partition coefficient (Wildman–Crippen LogP) is 5.37. The van der Waals surface area contributed by atoms with E-state index < -0.39 is 0 Å². The van der Waals surface area contributed by atoms with E-state index in [-0.39, 0.29) is 11.9 Å². The van der Waals surface area contributed by atoms with E-state index in [0.29, 0.717) is 0 Å². The van der Waals surface area contributed by atoms with Gasteiger partial charge in [0.15, 0.2) is 0 Å². The van der Waals surface area contributed by atoms with Crippen LogP contribution in [0.3, 0.4) is 0 Å². The normalized spacial score (nSPS) is 12.5. The average molecular weight is 391 g/mol. The van der Waals surface area contributed by atoms with Crippen molar-refractivity contribution >= 4 is 43.4 Å². The summed E-state index contributed by atoms with van der Waals surface area (Å²) in [6, 6.07) is 12.0. The third kappa shape index (κ3) is 3.21. The molecule has 3 rings (SSSR count). The zero-order valence-corrected chi connectivity index (χ0v) is 15.6. The highest BCUT2D eigenvalue weighted by atomic mass is 79.9. The maximum Gasteiger partial charge on any atom is 0.268 e. The van der Waals surface area contributed by atoms with Crippen LogP contribution in [-0.4, -0.2) is 10.5 Å². The van der Waals surface area contributed by atoms with E-state index in [4.69, 9.17) is 0 Å². The summed E-state index contributed by atoms with van der Waals surface area (Å²) in [5.41, 5.74) is 2.96. The Balaban J connectivity index is 1.90. The Morgan fingerprint density at radius 1 is 1.35 bits per heavy atom. The monoisotopic (exact) mass is 390 g/mol. The van der Waals surface area contributed by atoms with Crippen molar-refractivity contribution in [3.05, 3.63) is 57.5 Å². The molecule has 1 N–H and O–H groups in total. The third-order valence-corrected chi connectivity index (χ3v) is 5.73. The van der Waals surface area contributed by atoms with Gasteiger partial charge in [0.05, 0.1) is 20.7 Å². The summed E-state index contributed by atoms with van der Waals surface area (Å²) in [7, 11) is 0. The quantitative estimate of drug-likeness (QED) is 0.624. The summed E-state index contributed by atoms with van der Waals surface area (Å²) in [6.07, 6.45) is 0.987. The second-order valence-corrected chi connectivity index (χ2v) is 7.35. The van der Waals surface area contributed by atoms with Gasteiger partial charge in [0, 0.05) is 11.9 Å². The number of aromatic nitrogens is 1. The van der Waals surface area contributed by atoms with Gasteiger partial charge >= 0.3 is 0 Å². The van der Waals surface area contributed by atoms with Gasteiger partial charge in [0.2, 0.25) is 0 Å². The number of rotatable bonds is 5. The molecule has 0 aliphatic heterocycles. The van der Waals surface area contributed by atoms with Crippen LogP contribution < -0.4 is 5.32 Å². The Morgan fingerprint density at radius 2 is 2.09 bits per heavy atom. The molecule has 2 aromatic heterocycles. The van der Waals surface area contributed by atoms with Crippen molar-refractivity contribution in [1.29, 1.82) is 0 Å². The molecule has 0 aliphatic rings. The Bertz CT molecular complexity index is 822. The number of amides is 1. The summed E-state index contributed by atoms with van der Waals surface area (Å²) in [4.78, 5) is 12.8. The minimum absolute atomic E-state index is 0.0184. The highest BCUT2D eigenvalue weighted by molar-refractivity contribution is 9.10. The number of hydrogen-bond donors (Lipinski definition) is 1. The molecule has 120 valence electrons. The van der Waals surface area contributed by atoms with Crippen molar-refractivity contribution < 1.29 is 4.79 Å². The van der Waals surface area contributed by atoms with Crippen LogP contribution in [0, 0.1) is 0 Å². The second-order valence-electron chi connectivity index (χ2n) is 5.58. The number of nitrogens with one attached hydrogen (secondary N) is 1. The molecular formula is C18H19BrN2OS. The number of thiophene rings is 1. The Hall–Kier alpha value is -1.59. The number of carbonyl (C=O) groups is 1. The molecule has 0 aliphatic carbocycles. The van der Waals surface area contributed by atoms with Gasteiger partial charge in [0.1, 0.15) is 5.69 Å². The molecule has 5 heteroatoms. The van der Waals surface area contributed by atoms with Gasteiger partial charge in [0.25, 0.3) is 5.91 Å². The predicted molar refractivity (Wildman–Crippen MR) is 100 cm³/mol. The zero-order valence-electron chi connectivity index (χ0n) is 13.2. The first-order valence-electron chi connectivity index (χ1n) is 7.73. The maximum absolute atomic E-state index is 12.8. The van der Waals surface area contributed by atoms with Gasteiger partial charge in [-0.3, -0.25) is 4.79 Å². The number of nitrogens with zero attached hydrogens (tertiary/aromatic N) is 1. The molecule has 0 fully saturated rings. The third-order valence-electron chi connectivity index (χ3n) is 3.90. The van der Waals surface area contributed by atoms with Crippen LogP contribution in [0.2, 0.25) is 0 Å². The van der Waals surface area contributed by atoms with Crippen molar-refractivity contribution in [2.75, 3.05) is 0 Å². The number of halogens is 1. The molecule has 0 spiro atoms. The number of benzene rings is 1. The highest BCUT2D eigenvalue weighted by Gasteiger charge is 2.19. The standard InChI is InChI=1S/C18H19BrN2OS/c1-3-9-21-15(10-16-17(21)14(19)11-23-16)18(22)20-12(2)13-7-5-4-6-8-13/h4-8,10-12H,3,9H2,1-2H3,(H,20,22)/t12-/m1/s1. The molecule has 23 heavy (non-hydrogen) atoms. The molecule has 0 saturated carbocycles. The second kappa shape index (κ2) is 6.89. The van der Waals surface area contributed by atoms with E-state index in [1.54, 1.807) is 11.3 Å². The van der Waals surface area contributed by atoms with Gasteiger partial charge < -0.3 is 9.88 Å². The minimum Gasteiger partial charge on any atom is -0.344 e. The van der Waals surface area contributed by atoms with Crippen molar-refractivity contribution in [3.63, 3.8) is 0 Å². The fraction of sp³-hybridized carbons (Fsp3) is 0.278. The van der Waals surface area contributed by atoms with Crippen LogP contribution in [0.4, 0.5) is 0 Å². The molecule has 3 nitrogen and oxygen atoms in total. The molecule has 3 aromatic rings. The zero-order chi connectivity index (χ0) is 16.4. The summed E-state index contributed by atoms with van der Waals surface area (Å²) < 4.78 is 4.31. The van der Waals surface area contributed by atoms with E-state index in [1.165, 1.54) is 0 Å². The molecular weight excluding hydrogens is 372 g/mol. The number of hydrogen-bond acceptors (Lipinski definition) is 2. The molecule has 1 atom stereocenters. The topological polar surface area (TPSA) is 34.0 Å². The van der Waals surface area contributed by atoms with Gasteiger partial charge in [-0.1, -0.05) is 37.3 Å². The Kier molecular flexibility index (Phi) is 4.87. The molecule has 1 aromatic carbocycles. The van der Waals surface area contributed by atoms with Crippen molar-refractivity contribution in [2.24, 2.45) is 0 Å². The molecule has 0 unspecified atom stereocenters. The van der Waals surface area contributed by atoms with Crippen molar-refractivity contribution in [3.8, 4) is 0 Å². The highest BCUT2D eigenvalue weighted by Crippen LogP contribution is 2.33. The summed E-state index contributed by atoms with van der Waals surface area (Å²) in [5.74, 6) is -0.0231.